The second-order valence-electron chi connectivity index (χ2n) is 8.39. The van der Waals surface area contributed by atoms with Gasteiger partial charge in [0.1, 0.15) is 23.6 Å². The van der Waals surface area contributed by atoms with Crippen molar-refractivity contribution in [3.05, 3.63) is 35.5 Å². The number of likely N-dealkylation sites (N-methyl/N-ethyl adjacent to an activating group) is 1. The number of carbonyl (C=O) groups excluding carboxylic acids is 1. The Morgan fingerprint density at radius 2 is 2.00 bits per heavy atom. The summed E-state index contributed by atoms with van der Waals surface area (Å²) in [7, 11) is 0. The minimum atomic E-state index is -4.17. The van der Waals surface area contributed by atoms with Crippen molar-refractivity contribution in [3.63, 3.8) is 0 Å². The van der Waals surface area contributed by atoms with Crippen LogP contribution >= 0.6 is 11.6 Å². The van der Waals surface area contributed by atoms with Gasteiger partial charge in [-0.05, 0) is 45.6 Å². The van der Waals surface area contributed by atoms with Crippen molar-refractivity contribution in [2.75, 3.05) is 6.54 Å². The van der Waals surface area contributed by atoms with Crippen molar-refractivity contribution < 1.29 is 22.7 Å². The summed E-state index contributed by atoms with van der Waals surface area (Å²) in [4.78, 5) is 25.2. The van der Waals surface area contributed by atoms with Gasteiger partial charge in [0.15, 0.2) is 0 Å². The Kier molecular flexibility index (Phi) is 6.97. The molecule has 0 bridgehead atoms. The largest absolute Gasteiger partial charge is 0.474 e. The maximum Gasteiger partial charge on any atom is 0.391 e. The van der Waals surface area contributed by atoms with E-state index in [0.29, 0.717) is 47.7 Å². The zero-order valence-corrected chi connectivity index (χ0v) is 19.6. The van der Waals surface area contributed by atoms with Crippen LogP contribution in [0.3, 0.4) is 0 Å². The molecule has 1 N–H and O–H groups in total. The number of fused-ring (bicyclic) bond motifs is 1. The van der Waals surface area contributed by atoms with Crippen molar-refractivity contribution in [2.24, 2.45) is 5.92 Å². The van der Waals surface area contributed by atoms with Crippen molar-refractivity contribution in [1.29, 1.82) is 0 Å². The van der Waals surface area contributed by atoms with E-state index >= 15 is 0 Å². The van der Waals surface area contributed by atoms with E-state index in [2.05, 4.69) is 20.3 Å². The van der Waals surface area contributed by atoms with Crippen LogP contribution in [0.1, 0.15) is 38.4 Å². The van der Waals surface area contributed by atoms with Crippen molar-refractivity contribution in [1.82, 2.24) is 24.8 Å². The molecular formula is C23H25ClF3N5O2. The minimum Gasteiger partial charge on any atom is -0.474 e. The number of aryl methyl sites for hydroxylation is 1. The molecule has 0 aliphatic heterocycles. The Balaban J connectivity index is 1.63. The third-order valence-electron chi connectivity index (χ3n) is 5.95. The molecule has 0 atom stereocenters. The van der Waals surface area contributed by atoms with Gasteiger partial charge in [0, 0.05) is 36.0 Å². The highest BCUT2D eigenvalue weighted by atomic mass is 35.5. The van der Waals surface area contributed by atoms with E-state index in [1.807, 2.05) is 6.92 Å². The molecule has 0 spiro atoms. The average Bonchev–Trinajstić information content (AvgIpc) is 3.13. The first-order valence-electron chi connectivity index (χ1n) is 11.1. The monoisotopic (exact) mass is 495 g/mol. The lowest BCUT2D eigenvalue weighted by atomic mass is 9.87. The summed E-state index contributed by atoms with van der Waals surface area (Å²) in [5, 5.41) is 3.69. The van der Waals surface area contributed by atoms with E-state index in [1.54, 1.807) is 36.0 Å². The summed E-state index contributed by atoms with van der Waals surface area (Å²) in [5.41, 5.74) is 1.92. The predicted octanol–water partition coefficient (Wildman–Crippen LogP) is 5.09. The number of aromatic nitrogens is 4. The fourth-order valence-electron chi connectivity index (χ4n) is 4.36. The van der Waals surface area contributed by atoms with E-state index in [0.717, 1.165) is 5.52 Å². The summed E-state index contributed by atoms with van der Waals surface area (Å²) in [5.74, 6) is -0.680. The van der Waals surface area contributed by atoms with Gasteiger partial charge in [-0.25, -0.2) is 9.97 Å². The van der Waals surface area contributed by atoms with Gasteiger partial charge in [0.2, 0.25) is 11.8 Å². The maximum atomic E-state index is 13.0. The van der Waals surface area contributed by atoms with E-state index in [-0.39, 0.29) is 36.6 Å². The first kappa shape index (κ1) is 24.3. The summed E-state index contributed by atoms with van der Waals surface area (Å²) in [6.45, 7) is 4.17. The first-order valence-corrected chi connectivity index (χ1v) is 11.5. The van der Waals surface area contributed by atoms with E-state index in [9.17, 15) is 18.0 Å². The van der Waals surface area contributed by atoms with Crippen LogP contribution in [0.25, 0.3) is 22.2 Å². The quantitative estimate of drug-likeness (QED) is 0.482. The molecule has 3 aromatic heterocycles. The number of hydrogen-bond acceptors (Lipinski definition) is 5. The van der Waals surface area contributed by atoms with Gasteiger partial charge >= 0.3 is 6.18 Å². The molecule has 1 fully saturated rings. The molecule has 1 saturated carbocycles. The number of nitrogens with one attached hydrogen (secondary N) is 1. The Hall–Kier alpha value is -2.88. The molecule has 0 unspecified atom stereocenters. The zero-order valence-electron chi connectivity index (χ0n) is 18.8. The summed E-state index contributed by atoms with van der Waals surface area (Å²) in [6, 6.07) is 3.42. The Morgan fingerprint density at radius 3 is 2.68 bits per heavy atom. The van der Waals surface area contributed by atoms with Crippen molar-refractivity contribution in [3.8, 4) is 17.1 Å². The molecule has 11 heteroatoms. The second kappa shape index (κ2) is 9.77. The number of halogens is 4. The SMILES string of the molecule is CCNC(=O)Cn1cc(-c2cc(OC3CCC(C(F)(F)F)CC3)nc(C)n2)c2c(Cl)nccc21. The topological polar surface area (TPSA) is 81.9 Å². The molecule has 3 heterocycles. The highest BCUT2D eigenvalue weighted by Gasteiger charge is 2.41. The smallest absolute Gasteiger partial charge is 0.391 e. The van der Waals surface area contributed by atoms with Crippen LogP contribution in [-0.2, 0) is 11.3 Å². The molecule has 182 valence electrons. The lowest BCUT2D eigenvalue weighted by molar-refractivity contribution is -0.185. The molecule has 0 radical (unpaired) electrons. The van der Waals surface area contributed by atoms with Gasteiger partial charge < -0.3 is 14.6 Å². The minimum absolute atomic E-state index is 0.0413. The van der Waals surface area contributed by atoms with Crippen LogP contribution in [0.4, 0.5) is 13.2 Å². The predicted molar refractivity (Wildman–Crippen MR) is 122 cm³/mol. The summed E-state index contributed by atoms with van der Waals surface area (Å²) >= 11 is 6.42. The van der Waals surface area contributed by atoms with Gasteiger partial charge in [-0.2, -0.15) is 18.2 Å². The molecule has 34 heavy (non-hydrogen) atoms. The van der Waals surface area contributed by atoms with E-state index in [1.165, 1.54) is 0 Å². The van der Waals surface area contributed by atoms with Crippen molar-refractivity contribution in [2.45, 2.75) is 58.4 Å². The fraction of sp³-hybridized carbons (Fsp3) is 0.478. The summed E-state index contributed by atoms with van der Waals surface area (Å²) in [6.07, 6.45) is -0.453. The zero-order chi connectivity index (χ0) is 24.5. The number of amides is 1. The molecular weight excluding hydrogens is 471 g/mol. The van der Waals surface area contributed by atoms with Crippen LogP contribution in [0.15, 0.2) is 24.5 Å². The Labute approximate surface area is 199 Å². The summed E-state index contributed by atoms with van der Waals surface area (Å²) < 4.78 is 46.7. The van der Waals surface area contributed by atoms with Gasteiger partial charge in [-0.1, -0.05) is 11.6 Å². The lowest BCUT2D eigenvalue weighted by Gasteiger charge is -2.29. The number of hydrogen-bond donors (Lipinski definition) is 1. The number of rotatable bonds is 6. The molecule has 4 rings (SSSR count). The van der Waals surface area contributed by atoms with Gasteiger partial charge in [0.05, 0.1) is 17.1 Å². The van der Waals surface area contributed by atoms with Crippen molar-refractivity contribution >= 4 is 28.4 Å². The number of alkyl halides is 3. The molecule has 3 aromatic rings. The second-order valence-corrected chi connectivity index (χ2v) is 8.75. The van der Waals surface area contributed by atoms with E-state index in [4.69, 9.17) is 16.3 Å². The first-order chi connectivity index (χ1) is 16.2. The Bertz CT molecular complexity index is 1190. The third-order valence-corrected chi connectivity index (χ3v) is 6.24. The molecule has 1 aliphatic carbocycles. The highest BCUT2D eigenvalue weighted by molar-refractivity contribution is 6.35. The van der Waals surface area contributed by atoms with Crippen LogP contribution < -0.4 is 10.1 Å². The highest BCUT2D eigenvalue weighted by Crippen LogP contribution is 2.39. The number of carbonyl (C=O) groups is 1. The molecule has 1 amide bonds. The van der Waals surface area contributed by atoms with Crippen LogP contribution in [0.2, 0.25) is 5.15 Å². The number of nitrogens with zero attached hydrogens (tertiary/aromatic N) is 4. The van der Waals surface area contributed by atoms with Crippen LogP contribution in [0, 0.1) is 12.8 Å². The number of ether oxygens (including phenoxy) is 1. The third kappa shape index (κ3) is 5.27. The Morgan fingerprint density at radius 1 is 1.26 bits per heavy atom. The van der Waals surface area contributed by atoms with Crippen LogP contribution in [0.5, 0.6) is 5.88 Å². The van der Waals surface area contributed by atoms with Crippen LogP contribution in [-0.4, -0.2) is 44.3 Å². The molecule has 7 nitrogen and oxygen atoms in total. The maximum absolute atomic E-state index is 13.0. The fourth-order valence-corrected chi connectivity index (χ4v) is 4.61. The van der Waals surface area contributed by atoms with Gasteiger partial charge in [-0.15, -0.1) is 0 Å². The number of pyridine rings is 1. The molecule has 0 saturated heterocycles. The lowest BCUT2D eigenvalue weighted by Crippen LogP contribution is -2.32. The average molecular weight is 496 g/mol. The van der Waals surface area contributed by atoms with Gasteiger partial charge in [-0.3, -0.25) is 4.79 Å². The standard InChI is InChI=1S/C23H25ClF3N5O2/c1-3-28-19(33)12-32-11-16(21-18(32)8-9-29-22(21)24)17-10-20(31-13(2)30-17)34-15-6-4-14(5-7-15)23(25,26)27/h8-11,14-15H,3-7,12H2,1-2H3,(H,28,33). The molecule has 1 aliphatic rings. The normalized spacial score (nSPS) is 18.8. The molecule has 0 aromatic carbocycles. The van der Waals surface area contributed by atoms with E-state index < -0.39 is 12.1 Å². The van der Waals surface area contributed by atoms with Gasteiger partial charge in [0.25, 0.3) is 0 Å².